The van der Waals surface area contributed by atoms with Crippen molar-refractivity contribution in [1.29, 1.82) is 0 Å². The molecule has 1 amide bonds. The first-order valence-electron chi connectivity index (χ1n) is 10.5. The highest BCUT2D eigenvalue weighted by Crippen LogP contribution is 2.27. The zero-order valence-electron chi connectivity index (χ0n) is 18.1. The second-order valence-electron chi connectivity index (χ2n) is 7.52. The van der Waals surface area contributed by atoms with E-state index >= 15 is 0 Å². The number of piperazine rings is 1. The van der Waals surface area contributed by atoms with Crippen molar-refractivity contribution < 1.29 is 28.8 Å². The van der Waals surface area contributed by atoms with Crippen LogP contribution in [0, 0.1) is 0 Å². The zero-order chi connectivity index (χ0) is 21.3. The summed E-state index contributed by atoms with van der Waals surface area (Å²) in [5, 5.41) is 3.00. The average molecular weight is 416 g/mol. The summed E-state index contributed by atoms with van der Waals surface area (Å²) in [5.74, 6) is 2.26. The topological polar surface area (TPSA) is 65.7 Å². The van der Waals surface area contributed by atoms with Gasteiger partial charge in [0.05, 0.1) is 26.5 Å². The Morgan fingerprint density at radius 3 is 2.33 bits per heavy atom. The van der Waals surface area contributed by atoms with Crippen LogP contribution in [0.1, 0.15) is 12.5 Å². The lowest BCUT2D eigenvalue weighted by molar-refractivity contribution is -1.02. The van der Waals surface area contributed by atoms with Gasteiger partial charge in [0.25, 0.3) is 5.91 Å². The minimum Gasteiger partial charge on any atom is -0.493 e. The van der Waals surface area contributed by atoms with E-state index in [1.807, 2.05) is 43.3 Å². The first-order chi connectivity index (χ1) is 14.6. The van der Waals surface area contributed by atoms with Gasteiger partial charge in [-0.3, -0.25) is 4.79 Å². The molecule has 0 spiro atoms. The molecular weight excluding hydrogens is 382 g/mol. The predicted octanol–water partition coefficient (Wildman–Crippen LogP) is 0.0246. The molecule has 1 aliphatic rings. The second kappa shape index (κ2) is 10.8. The fourth-order valence-corrected chi connectivity index (χ4v) is 3.86. The largest absolute Gasteiger partial charge is 0.493 e. The maximum Gasteiger partial charge on any atom is 0.279 e. The molecule has 7 heteroatoms. The molecule has 0 saturated carbocycles. The zero-order valence-corrected chi connectivity index (χ0v) is 18.1. The Balaban J connectivity index is 1.47. The van der Waals surface area contributed by atoms with Crippen LogP contribution in [-0.4, -0.2) is 59.5 Å². The third-order valence-electron chi connectivity index (χ3n) is 5.44. The van der Waals surface area contributed by atoms with E-state index in [2.05, 4.69) is 11.4 Å². The molecule has 0 radical (unpaired) electrons. The van der Waals surface area contributed by atoms with Crippen LogP contribution in [0.5, 0.6) is 17.2 Å². The molecule has 0 bridgehead atoms. The summed E-state index contributed by atoms with van der Waals surface area (Å²) in [6, 6.07) is 13.7. The van der Waals surface area contributed by atoms with Crippen LogP contribution < -0.4 is 29.3 Å². The number of anilines is 1. The number of ether oxygens (including phenoxy) is 3. The Kier molecular flexibility index (Phi) is 7.93. The highest BCUT2D eigenvalue weighted by atomic mass is 16.5. The van der Waals surface area contributed by atoms with Gasteiger partial charge in [-0.05, 0) is 37.3 Å². The van der Waals surface area contributed by atoms with Crippen molar-refractivity contribution >= 4 is 11.6 Å². The van der Waals surface area contributed by atoms with Crippen LogP contribution in [-0.2, 0) is 11.3 Å². The van der Waals surface area contributed by atoms with Gasteiger partial charge in [0.2, 0.25) is 0 Å². The van der Waals surface area contributed by atoms with Crippen LogP contribution in [0.15, 0.2) is 42.5 Å². The lowest BCUT2D eigenvalue weighted by atomic mass is 10.1. The van der Waals surface area contributed by atoms with E-state index in [-0.39, 0.29) is 5.91 Å². The van der Waals surface area contributed by atoms with E-state index in [9.17, 15) is 4.79 Å². The van der Waals surface area contributed by atoms with Crippen LogP contribution in [0.4, 0.5) is 5.69 Å². The van der Waals surface area contributed by atoms with Crippen molar-refractivity contribution in [2.45, 2.75) is 13.5 Å². The first-order valence-corrected chi connectivity index (χ1v) is 10.5. The van der Waals surface area contributed by atoms with Crippen molar-refractivity contribution in [3.8, 4) is 17.2 Å². The summed E-state index contributed by atoms with van der Waals surface area (Å²) in [4.78, 5) is 15.4. The SMILES string of the molecule is CCOc1ccccc1NC(=O)C[NH+]1CC[NH+](Cc2ccc(OC)c(OC)c2)CC1. The number of nitrogens with one attached hydrogen (secondary N) is 3. The normalized spacial score (nSPS) is 18.5. The van der Waals surface area contributed by atoms with Crippen LogP contribution >= 0.6 is 0 Å². The molecule has 1 heterocycles. The molecule has 0 aliphatic carbocycles. The van der Waals surface area contributed by atoms with Gasteiger partial charge >= 0.3 is 0 Å². The van der Waals surface area contributed by atoms with Gasteiger partial charge in [-0.2, -0.15) is 0 Å². The maximum absolute atomic E-state index is 12.5. The number of hydrogen-bond acceptors (Lipinski definition) is 4. The molecule has 3 N–H and O–H groups in total. The van der Waals surface area contributed by atoms with Gasteiger partial charge in [0.15, 0.2) is 18.0 Å². The Labute approximate surface area is 178 Å². The summed E-state index contributed by atoms with van der Waals surface area (Å²) in [6.45, 7) is 7.95. The Hall–Kier alpha value is -2.77. The first kappa shape index (κ1) is 21.9. The van der Waals surface area contributed by atoms with Crippen LogP contribution in [0.3, 0.4) is 0 Å². The summed E-state index contributed by atoms with van der Waals surface area (Å²) in [7, 11) is 3.31. The number of para-hydroxylation sites is 2. The average Bonchev–Trinajstić information content (AvgIpc) is 2.76. The number of methoxy groups -OCH3 is 2. The monoisotopic (exact) mass is 415 g/mol. The fraction of sp³-hybridized carbons (Fsp3) is 0.435. The van der Waals surface area contributed by atoms with Crippen molar-refractivity contribution in [3.05, 3.63) is 48.0 Å². The highest BCUT2D eigenvalue weighted by Gasteiger charge is 2.25. The van der Waals surface area contributed by atoms with Gasteiger partial charge in [0, 0.05) is 5.56 Å². The van der Waals surface area contributed by atoms with Gasteiger partial charge in [-0.25, -0.2) is 0 Å². The van der Waals surface area contributed by atoms with Gasteiger partial charge in [-0.15, -0.1) is 0 Å². The van der Waals surface area contributed by atoms with E-state index in [1.54, 1.807) is 14.2 Å². The van der Waals surface area contributed by atoms with Crippen molar-refractivity contribution in [1.82, 2.24) is 0 Å². The van der Waals surface area contributed by atoms with E-state index in [4.69, 9.17) is 14.2 Å². The van der Waals surface area contributed by atoms with E-state index in [1.165, 1.54) is 15.4 Å². The number of benzene rings is 2. The lowest BCUT2D eigenvalue weighted by Crippen LogP contribution is -3.28. The lowest BCUT2D eigenvalue weighted by Gasteiger charge is -2.29. The molecule has 2 aromatic rings. The molecule has 2 aromatic carbocycles. The summed E-state index contributed by atoms with van der Waals surface area (Å²) in [6.07, 6.45) is 0. The predicted molar refractivity (Wildman–Crippen MR) is 116 cm³/mol. The third kappa shape index (κ3) is 5.87. The van der Waals surface area contributed by atoms with Crippen molar-refractivity contribution in [2.24, 2.45) is 0 Å². The fourth-order valence-electron chi connectivity index (χ4n) is 3.86. The van der Waals surface area contributed by atoms with Crippen LogP contribution in [0.25, 0.3) is 0 Å². The molecule has 1 aliphatic heterocycles. The molecular formula is C23H33N3O4+2. The highest BCUT2D eigenvalue weighted by molar-refractivity contribution is 5.92. The van der Waals surface area contributed by atoms with Crippen LogP contribution in [0.2, 0.25) is 0 Å². The summed E-state index contributed by atoms with van der Waals surface area (Å²) < 4.78 is 16.3. The number of rotatable bonds is 9. The van der Waals surface area contributed by atoms with Crippen molar-refractivity contribution in [3.63, 3.8) is 0 Å². The van der Waals surface area contributed by atoms with Gasteiger partial charge < -0.3 is 29.3 Å². The molecule has 0 aromatic heterocycles. The number of hydrogen-bond donors (Lipinski definition) is 3. The Bertz CT molecular complexity index is 835. The smallest absolute Gasteiger partial charge is 0.279 e. The minimum atomic E-state index is 0.0282. The van der Waals surface area contributed by atoms with E-state index in [0.29, 0.717) is 18.9 Å². The maximum atomic E-state index is 12.5. The Morgan fingerprint density at radius 2 is 1.63 bits per heavy atom. The number of carbonyl (C=O) groups is 1. The number of quaternary nitrogens is 2. The Morgan fingerprint density at radius 1 is 0.933 bits per heavy atom. The molecule has 162 valence electrons. The van der Waals surface area contributed by atoms with E-state index < -0.39 is 0 Å². The van der Waals surface area contributed by atoms with Gasteiger partial charge in [-0.1, -0.05) is 12.1 Å². The summed E-state index contributed by atoms with van der Waals surface area (Å²) in [5.41, 5.74) is 1.97. The molecule has 7 nitrogen and oxygen atoms in total. The third-order valence-corrected chi connectivity index (χ3v) is 5.44. The number of carbonyl (C=O) groups excluding carboxylic acids is 1. The van der Waals surface area contributed by atoms with Crippen molar-refractivity contribution in [2.75, 3.05) is 58.9 Å². The molecule has 3 rings (SSSR count). The number of amides is 1. The molecule has 1 saturated heterocycles. The molecule has 30 heavy (non-hydrogen) atoms. The quantitative estimate of drug-likeness (QED) is 0.541. The summed E-state index contributed by atoms with van der Waals surface area (Å²) >= 11 is 0. The van der Waals surface area contributed by atoms with E-state index in [0.717, 1.165) is 49.9 Å². The minimum absolute atomic E-state index is 0.0282. The van der Waals surface area contributed by atoms with Gasteiger partial charge in [0.1, 0.15) is 38.5 Å². The molecule has 0 unspecified atom stereocenters. The standard InChI is InChI=1S/C23H31N3O4/c1-4-30-20-8-6-5-7-19(20)24-23(27)17-26-13-11-25(12-14-26)16-18-9-10-21(28-2)22(15-18)29-3/h5-10,15H,4,11-14,16-17H2,1-3H3,(H,24,27)/p+2. The second-order valence-corrected chi connectivity index (χ2v) is 7.52. The molecule has 1 fully saturated rings. The molecule has 0 atom stereocenters.